The number of nitrogens with one attached hydrogen (secondary N) is 2. The first kappa shape index (κ1) is 15.2. The highest BCUT2D eigenvalue weighted by atomic mass is 32.2. The minimum Gasteiger partial charge on any atom is -0.324 e. The second kappa shape index (κ2) is 6.09. The van der Waals surface area contributed by atoms with Crippen LogP contribution >= 0.6 is 0 Å². The Balaban J connectivity index is 1.95. The minimum atomic E-state index is -3.46. The molecule has 1 unspecified atom stereocenters. The number of hydrogen-bond donors (Lipinski definition) is 3. The Morgan fingerprint density at radius 2 is 1.95 bits per heavy atom. The number of nitrogens with two attached hydrogens (primary N) is 1. The van der Waals surface area contributed by atoms with Crippen molar-refractivity contribution in [3.8, 4) is 0 Å². The molecule has 1 fully saturated rings. The average molecular weight is 298 g/mol. The number of nitrogen functional groups attached to an aromatic ring is 1. The summed E-state index contributed by atoms with van der Waals surface area (Å²) in [6, 6.07) is 7.13. The van der Waals surface area contributed by atoms with Gasteiger partial charge in [0.25, 0.3) is 0 Å². The number of hydrazine groups is 1. The number of sulfonamides is 1. The zero-order valence-electron chi connectivity index (χ0n) is 11.8. The van der Waals surface area contributed by atoms with Gasteiger partial charge in [-0.05, 0) is 51.1 Å². The molecule has 0 spiro atoms. The van der Waals surface area contributed by atoms with Crippen LogP contribution in [0.3, 0.4) is 0 Å². The number of hydrogen-bond acceptors (Lipinski definition) is 5. The maximum Gasteiger partial charge on any atom is 0.240 e. The smallest absolute Gasteiger partial charge is 0.240 e. The summed E-state index contributed by atoms with van der Waals surface area (Å²) in [5, 5.41) is 0. The molecule has 1 aromatic carbocycles. The van der Waals surface area contributed by atoms with E-state index in [4.69, 9.17) is 5.84 Å². The Labute approximate surface area is 120 Å². The van der Waals surface area contributed by atoms with Crippen LogP contribution in [0, 0.1) is 0 Å². The highest BCUT2D eigenvalue weighted by Crippen LogP contribution is 2.26. The number of benzene rings is 1. The van der Waals surface area contributed by atoms with E-state index in [1.165, 1.54) is 25.0 Å². The molecule has 4 N–H and O–H groups in total. The molecule has 7 heteroatoms. The second-order valence-corrected chi connectivity index (χ2v) is 7.03. The molecular formula is C13H22N4O2S. The van der Waals surface area contributed by atoms with Crippen LogP contribution in [0.5, 0.6) is 0 Å². The lowest BCUT2D eigenvalue weighted by Gasteiger charge is -2.24. The fourth-order valence-corrected chi connectivity index (χ4v) is 3.15. The Morgan fingerprint density at radius 3 is 2.45 bits per heavy atom. The van der Waals surface area contributed by atoms with E-state index in [1.54, 1.807) is 12.1 Å². The van der Waals surface area contributed by atoms with Crippen LogP contribution in [-0.4, -0.2) is 39.0 Å². The highest BCUT2D eigenvalue weighted by molar-refractivity contribution is 7.89. The van der Waals surface area contributed by atoms with E-state index in [1.807, 2.05) is 14.0 Å². The van der Waals surface area contributed by atoms with Crippen molar-refractivity contribution in [3.63, 3.8) is 0 Å². The number of rotatable bonds is 7. The first-order valence-electron chi connectivity index (χ1n) is 6.72. The average Bonchev–Trinajstić information content (AvgIpc) is 3.28. The molecule has 0 amide bonds. The van der Waals surface area contributed by atoms with Gasteiger partial charge in [0.2, 0.25) is 10.0 Å². The number of likely N-dealkylation sites (N-methyl/N-ethyl adjacent to an activating group) is 1. The predicted molar refractivity (Wildman–Crippen MR) is 79.7 cm³/mol. The van der Waals surface area contributed by atoms with Crippen LogP contribution in [0.15, 0.2) is 29.2 Å². The van der Waals surface area contributed by atoms with E-state index in [9.17, 15) is 8.42 Å². The van der Waals surface area contributed by atoms with Crippen molar-refractivity contribution in [2.24, 2.45) is 5.84 Å². The third-order valence-corrected chi connectivity index (χ3v) is 5.16. The lowest BCUT2D eigenvalue weighted by molar-refractivity contribution is 0.248. The molecule has 1 aliphatic carbocycles. The molecule has 0 aliphatic heterocycles. The molecule has 0 aromatic heterocycles. The molecule has 0 heterocycles. The molecule has 0 radical (unpaired) electrons. The van der Waals surface area contributed by atoms with Crippen molar-refractivity contribution in [2.75, 3.05) is 19.0 Å². The van der Waals surface area contributed by atoms with E-state index in [-0.39, 0.29) is 10.9 Å². The van der Waals surface area contributed by atoms with Crippen molar-refractivity contribution in [1.82, 2.24) is 9.62 Å². The van der Waals surface area contributed by atoms with Gasteiger partial charge >= 0.3 is 0 Å². The summed E-state index contributed by atoms with van der Waals surface area (Å²) in [5.41, 5.74) is 3.14. The standard InChI is InChI=1S/C13H22N4O2S/c1-10(17(2)12-5-6-12)9-15-20(18,19)13-7-3-11(16-14)4-8-13/h3-4,7-8,10,12,15-16H,5-6,9,14H2,1-2H3. The molecule has 20 heavy (non-hydrogen) atoms. The third kappa shape index (κ3) is 3.69. The van der Waals surface area contributed by atoms with Gasteiger partial charge in [0.1, 0.15) is 0 Å². The zero-order chi connectivity index (χ0) is 14.8. The molecule has 112 valence electrons. The lowest BCUT2D eigenvalue weighted by atomic mass is 10.3. The fourth-order valence-electron chi connectivity index (χ4n) is 2.03. The maximum absolute atomic E-state index is 12.2. The topological polar surface area (TPSA) is 87.5 Å². The van der Waals surface area contributed by atoms with Crippen LogP contribution < -0.4 is 16.0 Å². The Kier molecular flexibility index (Phi) is 4.64. The van der Waals surface area contributed by atoms with Gasteiger partial charge in [-0.25, -0.2) is 13.1 Å². The summed E-state index contributed by atoms with van der Waals surface area (Å²) in [6.45, 7) is 2.44. The summed E-state index contributed by atoms with van der Waals surface area (Å²) < 4.78 is 27.0. The predicted octanol–water partition coefficient (Wildman–Crippen LogP) is 0.733. The molecular weight excluding hydrogens is 276 g/mol. The van der Waals surface area contributed by atoms with Gasteiger partial charge in [-0.1, -0.05) is 0 Å². The first-order chi connectivity index (χ1) is 9.44. The molecule has 1 aromatic rings. The summed E-state index contributed by atoms with van der Waals surface area (Å²) in [7, 11) is -1.42. The molecule has 0 bridgehead atoms. The van der Waals surface area contributed by atoms with E-state index in [2.05, 4.69) is 15.0 Å². The van der Waals surface area contributed by atoms with E-state index < -0.39 is 10.0 Å². The molecule has 2 rings (SSSR count). The van der Waals surface area contributed by atoms with Crippen molar-refractivity contribution >= 4 is 15.7 Å². The van der Waals surface area contributed by atoms with Crippen molar-refractivity contribution in [2.45, 2.75) is 36.7 Å². The van der Waals surface area contributed by atoms with E-state index >= 15 is 0 Å². The molecule has 1 saturated carbocycles. The Bertz CT molecular complexity index is 540. The van der Waals surface area contributed by atoms with Gasteiger partial charge in [0, 0.05) is 24.3 Å². The van der Waals surface area contributed by atoms with Gasteiger partial charge in [-0.15, -0.1) is 0 Å². The van der Waals surface area contributed by atoms with Crippen LogP contribution in [-0.2, 0) is 10.0 Å². The normalized spacial score (nSPS) is 17.2. The monoisotopic (exact) mass is 298 g/mol. The first-order valence-corrected chi connectivity index (χ1v) is 8.20. The summed E-state index contributed by atoms with van der Waals surface area (Å²) in [4.78, 5) is 2.47. The van der Waals surface area contributed by atoms with Crippen LogP contribution in [0.25, 0.3) is 0 Å². The molecule has 0 saturated heterocycles. The van der Waals surface area contributed by atoms with Gasteiger partial charge in [-0.3, -0.25) is 10.7 Å². The largest absolute Gasteiger partial charge is 0.324 e. The second-order valence-electron chi connectivity index (χ2n) is 5.27. The Morgan fingerprint density at radius 1 is 1.35 bits per heavy atom. The summed E-state index contributed by atoms with van der Waals surface area (Å²) >= 11 is 0. The van der Waals surface area contributed by atoms with E-state index in [0.29, 0.717) is 18.3 Å². The van der Waals surface area contributed by atoms with Crippen LogP contribution in [0.4, 0.5) is 5.69 Å². The summed E-state index contributed by atoms with van der Waals surface area (Å²) in [5.74, 6) is 5.25. The SMILES string of the molecule is CC(CNS(=O)(=O)c1ccc(NN)cc1)N(C)C1CC1. The molecule has 1 atom stereocenters. The molecule has 1 aliphatic rings. The van der Waals surface area contributed by atoms with Crippen LogP contribution in [0.2, 0.25) is 0 Å². The van der Waals surface area contributed by atoms with Crippen molar-refractivity contribution in [1.29, 1.82) is 0 Å². The highest BCUT2D eigenvalue weighted by Gasteiger charge is 2.29. The number of anilines is 1. The minimum absolute atomic E-state index is 0.183. The van der Waals surface area contributed by atoms with Crippen LogP contribution in [0.1, 0.15) is 19.8 Å². The van der Waals surface area contributed by atoms with Crippen molar-refractivity contribution in [3.05, 3.63) is 24.3 Å². The maximum atomic E-state index is 12.2. The van der Waals surface area contributed by atoms with Gasteiger partial charge < -0.3 is 5.43 Å². The lowest BCUT2D eigenvalue weighted by Crippen LogP contribution is -2.41. The quantitative estimate of drug-likeness (QED) is 0.510. The van der Waals surface area contributed by atoms with E-state index in [0.717, 1.165) is 0 Å². The molecule has 6 nitrogen and oxygen atoms in total. The fraction of sp³-hybridized carbons (Fsp3) is 0.538. The third-order valence-electron chi connectivity index (χ3n) is 3.72. The van der Waals surface area contributed by atoms with Gasteiger partial charge in [0.15, 0.2) is 0 Å². The zero-order valence-corrected chi connectivity index (χ0v) is 12.7. The van der Waals surface area contributed by atoms with Gasteiger partial charge in [0.05, 0.1) is 4.90 Å². The number of nitrogens with zero attached hydrogens (tertiary/aromatic N) is 1. The summed E-state index contributed by atoms with van der Waals surface area (Å²) in [6.07, 6.45) is 2.42. The van der Waals surface area contributed by atoms with Gasteiger partial charge in [-0.2, -0.15) is 0 Å². The van der Waals surface area contributed by atoms with Crippen molar-refractivity contribution < 1.29 is 8.42 Å². The Hall–Kier alpha value is -1.15.